The number of amides is 1. The zero-order valence-electron chi connectivity index (χ0n) is 10.8. The van der Waals surface area contributed by atoms with Crippen molar-refractivity contribution in [3.63, 3.8) is 0 Å². The normalized spacial score (nSPS) is 10.9. The van der Waals surface area contributed by atoms with Crippen molar-refractivity contribution in [2.24, 2.45) is 0 Å². The molecule has 0 aromatic carbocycles. The van der Waals surface area contributed by atoms with E-state index in [1.807, 2.05) is 0 Å². The molecule has 0 spiro atoms. The van der Waals surface area contributed by atoms with Gasteiger partial charge in [0.15, 0.2) is 6.07 Å². The third-order valence-corrected chi connectivity index (χ3v) is 1.90. The van der Waals surface area contributed by atoms with Gasteiger partial charge in [0, 0.05) is 20.0 Å². The maximum atomic E-state index is 11.5. The fraction of sp³-hybridized carbons (Fsp3) is 0.818. The second kappa shape index (κ2) is 7.37. The lowest BCUT2D eigenvalue weighted by atomic mass is 10.2. The minimum Gasteiger partial charge on any atom is -0.449 e. The Bertz CT molecular complexity index is 263. The first kappa shape index (κ1) is 16.0. The van der Waals surface area contributed by atoms with Gasteiger partial charge in [0.1, 0.15) is 5.60 Å². The molecular weight excluding hydrogens is 246 g/mol. The molecule has 0 aliphatic rings. The van der Waals surface area contributed by atoms with Crippen LogP contribution in [0, 0.1) is 0 Å². The van der Waals surface area contributed by atoms with E-state index in [-0.39, 0.29) is 18.5 Å². The Morgan fingerprint density at radius 2 is 1.88 bits per heavy atom. The molecule has 0 rings (SSSR count). The van der Waals surface area contributed by atoms with Crippen molar-refractivity contribution in [2.45, 2.75) is 39.2 Å². The number of hydrogen-bond acceptors (Lipinski definition) is 4. The van der Waals surface area contributed by atoms with Crippen molar-refractivity contribution < 1.29 is 19.1 Å². The van der Waals surface area contributed by atoms with E-state index in [0.717, 1.165) is 0 Å². The summed E-state index contributed by atoms with van der Waals surface area (Å²) in [5, 5.41) is 0. The standard InChI is InChI=1S/C11H20ClNO4/c1-11(2,3)17-10(15)13(4)7-5-6-9(14)16-8-12/h5-8H2,1-4H3. The highest BCUT2D eigenvalue weighted by atomic mass is 35.5. The summed E-state index contributed by atoms with van der Waals surface area (Å²) in [6.45, 7) is 5.84. The number of hydrogen-bond donors (Lipinski definition) is 0. The van der Waals surface area contributed by atoms with Gasteiger partial charge in [0.25, 0.3) is 0 Å². The van der Waals surface area contributed by atoms with E-state index < -0.39 is 11.7 Å². The Morgan fingerprint density at radius 3 is 2.35 bits per heavy atom. The number of ether oxygens (including phenoxy) is 2. The molecule has 0 bridgehead atoms. The molecule has 0 saturated heterocycles. The Hall–Kier alpha value is -0.970. The zero-order valence-corrected chi connectivity index (χ0v) is 11.5. The molecule has 6 heteroatoms. The van der Waals surface area contributed by atoms with Crippen LogP contribution in [0.2, 0.25) is 0 Å². The topological polar surface area (TPSA) is 55.8 Å². The van der Waals surface area contributed by atoms with Crippen LogP contribution in [0.25, 0.3) is 0 Å². The van der Waals surface area contributed by atoms with Crippen molar-refractivity contribution in [3.05, 3.63) is 0 Å². The third kappa shape index (κ3) is 8.80. The van der Waals surface area contributed by atoms with Crippen molar-refractivity contribution >= 4 is 23.7 Å². The maximum Gasteiger partial charge on any atom is 0.410 e. The van der Waals surface area contributed by atoms with E-state index in [0.29, 0.717) is 13.0 Å². The molecule has 0 N–H and O–H groups in total. The molecule has 0 unspecified atom stereocenters. The number of alkyl halides is 1. The minimum atomic E-state index is -0.511. The Balaban J connectivity index is 3.82. The summed E-state index contributed by atoms with van der Waals surface area (Å²) in [7, 11) is 1.63. The highest BCUT2D eigenvalue weighted by Crippen LogP contribution is 2.09. The summed E-state index contributed by atoms with van der Waals surface area (Å²) in [5.41, 5.74) is -0.511. The van der Waals surface area contributed by atoms with Crippen LogP contribution in [0.15, 0.2) is 0 Å². The van der Waals surface area contributed by atoms with Gasteiger partial charge < -0.3 is 14.4 Å². The molecule has 17 heavy (non-hydrogen) atoms. The van der Waals surface area contributed by atoms with E-state index in [4.69, 9.17) is 16.3 Å². The van der Waals surface area contributed by atoms with Gasteiger partial charge in [-0.25, -0.2) is 4.79 Å². The van der Waals surface area contributed by atoms with Crippen molar-refractivity contribution in [1.82, 2.24) is 4.90 Å². The average Bonchev–Trinajstić information content (AvgIpc) is 2.15. The van der Waals surface area contributed by atoms with Crippen LogP contribution in [-0.2, 0) is 14.3 Å². The second-order valence-corrected chi connectivity index (χ2v) is 4.85. The highest BCUT2D eigenvalue weighted by molar-refractivity contribution is 6.17. The third-order valence-electron chi connectivity index (χ3n) is 1.80. The lowest BCUT2D eigenvalue weighted by Gasteiger charge is -2.24. The highest BCUT2D eigenvalue weighted by Gasteiger charge is 2.19. The summed E-state index contributed by atoms with van der Waals surface area (Å²) in [4.78, 5) is 23.9. The first-order valence-corrected chi connectivity index (χ1v) is 5.95. The molecular formula is C11H20ClNO4. The number of carbonyl (C=O) groups is 2. The molecule has 0 heterocycles. The number of nitrogens with zero attached hydrogens (tertiary/aromatic N) is 1. The smallest absolute Gasteiger partial charge is 0.410 e. The summed E-state index contributed by atoms with van der Waals surface area (Å²) in [6.07, 6.45) is 0.355. The van der Waals surface area contributed by atoms with Gasteiger partial charge in [0.2, 0.25) is 0 Å². The predicted molar refractivity (Wildman–Crippen MR) is 64.9 cm³/mol. The van der Waals surface area contributed by atoms with E-state index in [1.165, 1.54) is 4.90 Å². The monoisotopic (exact) mass is 265 g/mol. The molecule has 100 valence electrons. The van der Waals surface area contributed by atoms with E-state index in [2.05, 4.69) is 4.74 Å². The number of rotatable bonds is 5. The van der Waals surface area contributed by atoms with Crippen LogP contribution in [0.3, 0.4) is 0 Å². The Kier molecular flexibility index (Phi) is 6.95. The predicted octanol–water partition coefficient (Wildman–Crippen LogP) is 2.37. The van der Waals surface area contributed by atoms with Gasteiger partial charge >= 0.3 is 12.1 Å². The van der Waals surface area contributed by atoms with Gasteiger partial charge in [-0.2, -0.15) is 0 Å². The fourth-order valence-electron chi connectivity index (χ4n) is 1.02. The van der Waals surface area contributed by atoms with Gasteiger partial charge in [-0.3, -0.25) is 4.79 Å². The molecule has 0 fully saturated rings. The van der Waals surface area contributed by atoms with Crippen LogP contribution in [0.5, 0.6) is 0 Å². The van der Waals surface area contributed by atoms with Crippen LogP contribution in [0.1, 0.15) is 33.6 Å². The zero-order chi connectivity index (χ0) is 13.5. The fourth-order valence-corrected chi connectivity index (χ4v) is 1.15. The molecule has 0 saturated carbocycles. The van der Waals surface area contributed by atoms with Gasteiger partial charge in [0.05, 0.1) is 0 Å². The summed E-state index contributed by atoms with van der Waals surface area (Å²) in [5.74, 6) is -0.363. The van der Waals surface area contributed by atoms with Gasteiger partial charge in [-0.15, -0.1) is 0 Å². The largest absolute Gasteiger partial charge is 0.449 e. The lowest BCUT2D eigenvalue weighted by Crippen LogP contribution is -2.34. The Labute approximate surface area is 107 Å². The van der Waals surface area contributed by atoms with Crippen molar-refractivity contribution in [2.75, 3.05) is 19.7 Å². The molecule has 0 atom stereocenters. The second-order valence-electron chi connectivity index (χ2n) is 4.63. The lowest BCUT2D eigenvalue weighted by molar-refractivity contribution is -0.141. The van der Waals surface area contributed by atoms with Crippen molar-refractivity contribution in [1.29, 1.82) is 0 Å². The molecule has 0 aliphatic heterocycles. The molecule has 0 aromatic heterocycles. The van der Waals surface area contributed by atoms with Crippen LogP contribution < -0.4 is 0 Å². The van der Waals surface area contributed by atoms with Gasteiger partial charge in [-0.1, -0.05) is 11.6 Å². The summed E-state index contributed by atoms with van der Waals surface area (Å²) in [6, 6.07) is -0.138. The van der Waals surface area contributed by atoms with Crippen LogP contribution >= 0.6 is 11.6 Å². The van der Waals surface area contributed by atoms with Crippen LogP contribution in [0.4, 0.5) is 4.79 Å². The van der Waals surface area contributed by atoms with Crippen molar-refractivity contribution in [3.8, 4) is 0 Å². The first-order valence-electron chi connectivity index (χ1n) is 5.42. The SMILES string of the molecule is CN(CCCC(=O)OCCl)C(=O)OC(C)(C)C. The molecule has 0 aromatic rings. The molecule has 0 radical (unpaired) electrons. The van der Waals surface area contributed by atoms with E-state index >= 15 is 0 Å². The maximum absolute atomic E-state index is 11.5. The number of esters is 1. The average molecular weight is 266 g/mol. The quantitative estimate of drug-likeness (QED) is 0.566. The minimum absolute atomic E-state index is 0.138. The summed E-state index contributed by atoms with van der Waals surface area (Å²) >= 11 is 5.23. The van der Waals surface area contributed by atoms with Crippen LogP contribution in [-0.4, -0.2) is 42.2 Å². The van der Waals surface area contributed by atoms with Gasteiger partial charge in [-0.05, 0) is 27.2 Å². The molecule has 1 amide bonds. The first-order chi connectivity index (χ1) is 7.76. The number of halogens is 1. The molecule has 0 aliphatic carbocycles. The number of carbonyl (C=O) groups excluding carboxylic acids is 2. The molecule has 5 nitrogen and oxygen atoms in total. The van der Waals surface area contributed by atoms with E-state index in [9.17, 15) is 9.59 Å². The Morgan fingerprint density at radius 1 is 1.29 bits per heavy atom. The summed E-state index contributed by atoms with van der Waals surface area (Å²) < 4.78 is 9.71. The van der Waals surface area contributed by atoms with E-state index in [1.54, 1.807) is 27.8 Å².